The number of halogens is 4. The normalized spacial score (nSPS) is 11.1. The van der Waals surface area contributed by atoms with Crippen molar-refractivity contribution in [2.75, 3.05) is 0 Å². The topological polar surface area (TPSA) is 139 Å². The zero-order valence-electron chi connectivity index (χ0n) is 21.1. The Kier molecular flexibility index (Phi) is 8.87. The third kappa shape index (κ3) is 7.60. The monoisotopic (exact) mass is 586 g/mol. The zero-order chi connectivity index (χ0) is 29.6. The lowest BCUT2D eigenvalue weighted by Gasteiger charge is -2.11. The SMILES string of the molecule is O=C(O)O.O=c1n(Cc2nc(Cc3ccccc3C(F)(F)F)n[nH]2)nc(-c2ccc(Cl)cc2)n1Cc1ccccc1. The molecule has 0 aliphatic carbocycles. The van der Waals surface area contributed by atoms with Gasteiger partial charge in [-0.15, -0.1) is 5.10 Å². The molecule has 0 radical (unpaired) electrons. The van der Waals surface area contributed by atoms with Crippen LogP contribution < -0.4 is 5.69 Å². The summed E-state index contributed by atoms with van der Waals surface area (Å²) < 4.78 is 42.8. The summed E-state index contributed by atoms with van der Waals surface area (Å²) in [4.78, 5) is 26.2. The highest BCUT2D eigenvalue weighted by Gasteiger charge is 2.33. The second kappa shape index (κ2) is 12.5. The minimum absolute atomic E-state index is 0.0326. The van der Waals surface area contributed by atoms with Crippen LogP contribution in [0.2, 0.25) is 5.02 Å². The van der Waals surface area contributed by atoms with Gasteiger partial charge in [-0.25, -0.2) is 19.3 Å². The second-order valence-corrected chi connectivity index (χ2v) is 9.09. The van der Waals surface area contributed by atoms with Crippen molar-refractivity contribution < 1.29 is 28.2 Å². The van der Waals surface area contributed by atoms with E-state index < -0.39 is 17.9 Å². The molecule has 0 saturated heterocycles. The highest BCUT2D eigenvalue weighted by Crippen LogP contribution is 2.32. The fourth-order valence-corrected chi connectivity index (χ4v) is 4.14. The molecule has 0 spiro atoms. The van der Waals surface area contributed by atoms with Gasteiger partial charge in [0.25, 0.3) is 0 Å². The van der Waals surface area contributed by atoms with Crippen LogP contribution >= 0.6 is 11.6 Å². The van der Waals surface area contributed by atoms with E-state index in [2.05, 4.69) is 20.3 Å². The molecule has 0 unspecified atom stereocenters. The molecule has 2 aromatic heterocycles. The highest BCUT2D eigenvalue weighted by molar-refractivity contribution is 6.30. The Morgan fingerprint density at radius 1 is 0.927 bits per heavy atom. The molecule has 0 atom stereocenters. The Balaban J connectivity index is 0.000000909. The molecule has 0 fully saturated rings. The molecule has 212 valence electrons. The van der Waals surface area contributed by atoms with E-state index in [0.717, 1.165) is 11.6 Å². The number of alkyl halides is 3. The zero-order valence-corrected chi connectivity index (χ0v) is 21.8. The van der Waals surface area contributed by atoms with Crippen molar-refractivity contribution in [1.82, 2.24) is 29.5 Å². The number of rotatable bonds is 7. The molecule has 3 N–H and O–H groups in total. The standard InChI is InChI=1S/C26H20ClF3N6O.CH2O3/c27-20-12-10-18(11-13-20)24-34-36(25(37)35(24)15-17-6-2-1-3-7-17)16-23-31-22(32-33-23)14-19-8-4-5-9-21(19)26(28,29)30;2-1(3)4/h1-13H,14-16H2,(H,31,32,33);(H2,2,3,4). The minimum Gasteiger partial charge on any atom is -0.450 e. The van der Waals surface area contributed by atoms with Crippen LogP contribution in [0.1, 0.15) is 28.3 Å². The maximum absolute atomic E-state index is 13.3. The Hall–Kier alpha value is -4.91. The van der Waals surface area contributed by atoms with Crippen LogP contribution in [0.3, 0.4) is 0 Å². The fraction of sp³-hybridized carbons (Fsp3) is 0.148. The summed E-state index contributed by atoms with van der Waals surface area (Å²) in [6.07, 6.45) is -6.42. The molecule has 0 saturated carbocycles. The molecule has 10 nitrogen and oxygen atoms in total. The van der Waals surface area contributed by atoms with Gasteiger partial charge in [-0.3, -0.25) is 9.67 Å². The largest absolute Gasteiger partial charge is 0.503 e. The lowest BCUT2D eigenvalue weighted by atomic mass is 10.0. The third-order valence-corrected chi connectivity index (χ3v) is 6.01. The molecule has 41 heavy (non-hydrogen) atoms. The van der Waals surface area contributed by atoms with Crippen molar-refractivity contribution in [1.29, 1.82) is 0 Å². The molecule has 0 amide bonds. The number of hydrogen-bond acceptors (Lipinski definition) is 5. The van der Waals surface area contributed by atoms with Gasteiger partial charge in [0.2, 0.25) is 0 Å². The van der Waals surface area contributed by atoms with E-state index in [-0.39, 0.29) is 30.0 Å². The Morgan fingerprint density at radius 2 is 1.56 bits per heavy atom. The molecule has 0 aliphatic rings. The van der Waals surface area contributed by atoms with Gasteiger partial charge in [0, 0.05) is 17.0 Å². The Labute approximate surface area is 235 Å². The molecule has 3 aromatic carbocycles. The molecule has 2 heterocycles. The van der Waals surface area contributed by atoms with Gasteiger partial charge in [0.05, 0.1) is 12.1 Å². The number of carboxylic acid groups (broad SMARTS) is 2. The van der Waals surface area contributed by atoms with Crippen molar-refractivity contribution in [3.63, 3.8) is 0 Å². The molecule has 5 aromatic rings. The predicted molar refractivity (Wildman–Crippen MR) is 143 cm³/mol. The van der Waals surface area contributed by atoms with Crippen LogP contribution in [0, 0.1) is 0 Å². The highest BCUT2D eigenvalue weighted by atomic mass is 35.5. The van der Waals surface area contributed by atoms with Gasteiger partial charge >= 0.3 is 18.0 Å². The first-order valence-corrected chi connectivity index (χ1v) is 12.3. The van der Waals surface area contributed by atoms with Gasteiger partial charge in [-0.2, -0.15) is 18.3 Å². The molecule has 0 aliphatic heterocycles. The number of nitrogens with one attached hydrogen (secondary N) is 1. The molecular weight excluding hydrogens is 565 g/mol. The first-order valence-electron chi connectivity index (χ1n) is 12.0. The number of nitrogens with zero attached hydrogens (tertiary/aromatic N) is 5. The van der Waals surface area contributed by atoms with Crippen LogP contribution in [0.15, 0.2) is 83.7 Å². The quantitative estimate of drug-likeness (QED) is 0.232. The average Bonchev–Trinajstić information content (AvgIpc) is 3.49. The van der Waals surface area contributed by atoms with Gasteiger partial charge in [0.15, 0.2) is 11.6 Å². The van der Waals surface area contributed by atoms with Crippen molar-refractivity contribution in [3.05, 3.63) is 123 Å². The molecule has 14 heteroatoms. The van der Waals surface area contributed by atoms with Crippen molar-refractivity contribution in [2.45, 2.75) is 25.7 Å². The number of hydrogen-bond donors (Lipinski definition) is 3. The van der Waals surface area contributed by atoms with E-state index in [0.29, 0.717) is 28.8 Å². The summed E-state index contributed by atoms with van der Waals surface area (Å²) in [5, 5.41) is 25.8. The van der Waals surface area contributed by atoms with Crippen LogP contribution in [-0.2, 0) is 25.7 Å². The average molecular weight is 587 g/mol. The van der Waals surface area contributed by atoms with E-state index in [4.69, 9.17) is 26.6 Å². The van der Waals surface area contributed by atoms with E-state index >= 15 is 0 Å². The summed E-state index contributed by atoms with van der Waals surface area (Å²) in [7, 11) is 0. The number of aromatic nitrogens is 6. The van der Waals surface area contributed by atoms with Crippen molar-refractivity contribution in [2.24, 2.45) is 0 Å². The summed E-state index contributed by atoms with van der Waals surface area (Å²) in [5.41, 5.74) is 0.594. The lowest BCUT2D eigenvalue weighted by molar-refractivity contribution is -0.138. The van der Waals surface area contributed by atoms with Crippen molar-refractivity contribution in [3.8, 4) is 11.4 Å². The first-order chi connectivity index (χ1) is 19.5. The maximum atomic E-state index is 13.3. The van der Waals surface area contributed by atoms with Crippen LogP contribution in [0.25, 0.3) is 11.4 Å². The number of carbonyl (C=O) groups is 1. The van der Waals surface area contributed by atoms with E-state index in [1.54, 1.807) is 28.8 Å². The molecular formula is C27H22ClF3N6O4. The molecule has 5 rings (SSSR count). The first kappa shape index (κ1) is 29.1. The van der Waals surface area contributed by atoms with Gasteiger partial charge in [0.1, 0.15) is 12.4 Å². The summed E-state index contributed by atoms with van der Waals surface area (Å²) in [5.74, 6) is 0.930. The number of aromatic amines is 1. The van der Waals surface area contributed by atoms with Crippen LogP contribution in [0.5, 0.6) is 0 Å². The van der Waals surface area contributed by atoms with Gasteiger partial charge < -0.3 is 10.2 Å². The fourth-order valence-electron chi connectivity index (χ4n) is 4.01. The van der Waals surface area contributed by atoms with E-state index in [1.807, 2.05) is 30.3 Å². The second-order valence-electron chi connectivity index (χ2n) is 8.66. The van der Waals surface area contributed by atoms with Gasteiger partial charge in [-0.1, -0.05) is 60.1 Å². The van der Waals surface area contributed by atoms with E-state index in [9.17, 15) is 18.0 Å². The number of H-pyrrole nitrogens is 1. The smallest absolute Gasteiger partial charge is 0.450 e. The summed E-state index contributed by atoms with van der Waals surface area (Å²) in [6, 6.07) is 21.8. The third-order valence-electron chi connectivity index (χ3n) is 5.76. The maximum Gasteiger partial charge on any atom is 0.503 e. The Morgan fingerprint density at radius 3 is 2.22 bits per heavy atom. The summed E-state index contributed by atoms with van der Waals surface area (Å²) >= 11 is 6.03. The minimum atomic E-state index is -4.48. The Bertz CT molecular complexity index is 1680. The van der Waals surface area contributed by atoms with Crippen LogP contribution in [-0.4, -0.2) is 45.9 Å². The van der Waals surface area contributed by atoms with Crippen LogP contribution in [0.4, 0.5) is 18.0 Å². The lowest BCUT2D eigenvalue weighted by Crippen LogP contribution is -2.26. The van der Waals surface area contributed by atoms with Gasteiger partial charge in [-0.05, 0) is 41.5 Å². The van der Waals surface area contributed by atoms with Crippen molar-refractivity contribution >= 4 is 17.8 Å². The summed E-state index contributed by atoms with van der Waals surface area (Å²) in [6.45, 7) is 0.267. The molecule has 0 bridgehead atoms. The predicted octanol–water partition coefficient (Wildman–Crippen LogP) is 5.41. The number of benzene rings is 3. The van der Waals surface area contributed by atoms with E-state index in [1.165, 1.54) is 22.9 Å².